The van der Waals surface area contributed by atoms with E-state index in [1.807, 2.05) is 47.0 Å². The van der Waals surface area contributed by atoms with Crippen LogP contribution in [0.3, 0.4) is 0 Å². The Bertz CT molecular complexity index is 3500. The summed E-state index contributed by atoms with van der Waals surface area (Å²) in [5.41, 5.74) is 8.71. The molecular formula is C63H76F4N12O6. The standard InChI is InChI=1S/C34H42F2N6O4.C29H34F2N6O2/c1-22-29(42-21-34(5-13-44-14-6-34)30-27(42)19-24(20-37-30)39-11-15-45-16-12-39)28-25(36)17-23(35)18-26(28)38-31(22)40-7-9-41(10-8-40)32(43)46-33(2,3)4;1-19-26(25-22(31)14-20(30)15-23(25)34-28(19)36-6-4-32-5-7-36)37-18-29(2-10-38-11-3-29)27-24(37)16-21(17-33-27)35-8-12-39-13-9-35/h17-20H,5-16,21H2,1-4H3;14-17,32H,2-13,18H2,1H3. The van der Waals surface area contributed by atoms with Gasteiger partial charge in [-0.15, -0.1) is 0 Å². The van der Waals surface area contributed by atoms with Crippen LogP contribution in [-0.4, -0.2) is 181 Å². The van der Waals surface area contributed by atoms with Crippen LogP contribution >= 0.6 is 0 Å². The normalized spacial score (nSPS) is 20.6. The van der Waals surface area contributed by atoms with Crippen LogP contribution in [0.25, 0.3) is 21.8 Å². The molecule has 14 rings (SSSR count). The number of benzene rings is 2. The molecule has 12 heterocycles. The van der Waals surface area contributed by atoms with Crippen LogP contribution in [0.4, 0.5) is 68.1 Å². The van der Waals surface area contributed by atoms with Crippen molar-refractivity contribution in [3.8, 4) is 0 Å². The van der Waals surface area contributed by atoms with Crippen LogP contribution in [0.2, 0.25) is 0 Å². The van der Waals surface area contributed by atoms with Gasteiger partial charge < -0.3 is 63.3 Å². The third-order valence-electron chi connectivity index (χ3n) is 18.4. The minimum absolute atomic E-state index is 0.190. The van der Waals surface area contributed by atoms with E-state index in [1.165, 1.54) is 12.1 Å². The van der Waals surface area contributed by atoms with Gasteiger partial charge in [0.2, 0.25) is 0 Å². The van der Waals surface area contributed by atoms with Crippen LogP contribution in [0, 0.1) is 37.1 Å². The quantitative estimate of drug-likeness (QED) is 0.158. The highest BCUT2D eigenvalue weighted by Gasteiger charge is 2.49. The van der Waals surface area contributed by atoms with Crippen LogP contribution in [-0.2, 0) is 34.5 Å². The van der Waals surface area contributed by atoms with Crippen LogP contribution < -0.4 is 34.7 Å². The second kappa shape index (κ2) is 23.1. The number of amides is 1. The number of aromatic nitrogens is 4. The molecule has 6 fully saturated rings. The highest BCUT2D eigenvalue weighted by Crippen LogP contribution is 2.54. The fraction of sp³-hybridized carbons (Fsp3) is 0.540. The Morgan fingerprint density at radius 3 is 1.38 bits per heavy atom. The van der Waals surface area contributed by atoms with Gasteiger partial charge in [-0.3, -0.25) is 9.97 Å². The molecule has 1 N–H and O–H groups in total. The van der Waals surface area contributed by atoms with E-state index >= 15 is 8.78 Å². The van der Waals surface area contributed by atoms with E-state index in [-0.39, 0.29) is 22.4 Å². The van der Waals surface area contributed by atoms with E-state index < -0.39 is 28.9 Å². The first-order valence-corrected chi connectivity index (χ1v) is 30.2. The van der Waals surface area contributed by atoms with Crippen molar-refractivity contribution in [2.24, 2.45) is 0 Å². The molecule has 2 aromatic carbocycles. The maximum absolute atomic E-state index is 15.9. The van der Waals surface area contributed by atoms with Gasteiger partial charge in [0, 0.05) is 164 Å². The zero-order valence-electron chi connectivity index (χ0n) is 49.4. The van der Waals surface area contributed by atoms with E-state index in [0.29, 0.717) is 120 Å². The predicted molar refractivity (Wildman–Crippen MR) is 320 cm³/mol. The van der Waals surface area contributed by atoms with E-state index in [1.54, 1.807) is 4.90 Å². The molecule has 2 spiro atoms. The average molecular weight is 1170 g/mol. The molecule has 6 saturated heterocycles. The van der Waals surface area contributed by atoms with Crippen molar-refractivity contribution in [3.05, 3.63) is 94.6 Å². The van der Waals surface area contributed by atoms with Crippen molar-refractivity contribution in [1.29, 1.82) is 0 Å². The number of nitrogens with one attached hydrogen (secondary N) is 1. The first-order valence-electron chi connectivity index (χ1n) is 30.2. The first kappa shape index (κ1) is 57.2. The molecule has 452 valence electrons. The lowest BCUT2D eigenvalue weighted by Gasteiger charge is -2.38. The number of nitrogens with zero attached hydrogens (tertiary/aromatic N) is 11. The second-order valence-corrected chi connectivity index (χ2v) is 24.9. The molecule has 0 bridgehead atoms. The molecule has 8 aliphatic heterocycles. The summed E-state index contributed by atoms with van der Waals surface area (Å²) < 4.78 is 89.2. The van der Waals surface area contributed by atoms with Gasteiger partial charge >= 0.3 is 6.09 Å². The van der Waals surface area contributed by atoms with Crippen LogP contribution in [0.5, 0.6) is 0 Å². The summed E-state index contributed by atoms with van der Waals surface area (Å²) in [7, 11) is 0. The molecule has 0 atom stereocenters. The molecule has 1 amide bonds. The monoisotopic (exact) mass is 1170 g/mol. The van der Waals surface area contributed by atoms with Gasteiger partial charge in [0.15, 0.2) is 0 Å². The van der Waals surface area contributed by atoms with Gasteiger partial charge in [-0.2, -0.15) is 0 Å². The van der Waals surface area contributed by atoms with Crippen molar-refractivity contribution < 1.29 is 46.0 Å². The average Bonchev–Trinajstić information content (AvgIpc) is 1.73. The molecule has 22 heteroatoms. The number of fused-ring (bicyclic) bond motifs is 6. The minimum Gasteiger partial charge on any atom is -0.444 e. The Hall–Kier alpha value is -6.85. The van der Waals surface area contributed by atoms with Gasteiger partial charge in [0.05, 0.1) is 106 Å². The third kappa shape index (κ3) is 10.9. The van der Waals surface area contributed by atoms with E-state index in [2.05, 4.69) is 46.8 Å². The lowest BCUT2D eigenvalue weighted by Crippen LogP contribution is -2.50. The number of hydrogen-bond acceptors (Lipinski definition) is 17. The largest absolute Gasteiger partial charge is 0.444 e. The Kier molecular flexibility index (Phi) is 15.6. The maximum atomic E-state index is 15.9. The molecule has 18 nitrogen and oxygen atoms in total. The molecule has 6 aromatic rings. The van der Waals surface area contributed by atoms with Gasteiger partial charge in [-0.1, -0.05) is 0 Å². The predicted octanol–water partition coefficient (Wildman–Crippen LogP) is 8.97. The molecule has 4 aromatic heterocycles. The van der Waals surface area contributed by atoms with E-state index in [0.717, 1.165) is 147 Å². The molecule has 0 unspecified atom stereocenters. The Balaban J connectivity index is 0.000000160. The number of hydrogen-bond donors (Lipinski definition) is 1. The molecular weight excluding hydrogens is 1100 g/mol. The third-order valence-corrected chi connectivity index (χ3v) is 18.4. The first-order chi connectivity index (χ1) is 41.1. The summed E-state index contributed by atoms with van der Waals surface area (Å²) in [6.07, 6.45) is 6.89. The maximum Gasteiger partial charge on any atom is 0.410 e. The Labute approximate surface area is 493 Å². The zero-order valence-corrected chi connectivity index (χ0v) is 49.4. The summed E-state index contributed by atoms with van der Waals surface area (Å²) in [6.45, 7) is 24.4. The summed E-state index contributed by atoms with van der Waals surface area (Å²) in [5.74, 6) is -1.08. The highest BCUT2D eigenvalue weighted by molar-refractivity contribution is 6.01. The van der Waals surface area contributed by atoms with Gasteiger partial charge in [0.25, 0.3) is 0 Å². The van der Waals surface area contributed by atoms with Crippen LogP contribution in [0.15, 0.2) is 48.8 Å². The summed E-state index contributed by atoms with van der Waals surface area (Å²) in [4.78, 5) is 47.6. The number of carbonyl (C=O) groups excluding carboxylic acids is 1. The number of morpholine rings is 2. The molecule has 85 heavy (non-hydrogen) atoms. The van der Waals surface area contributed by atoms with E-state index in [4.69, 9.17) is 43.6 Å². The molecule has 8 aliphatic rings. The van der Waals surface area contributed by atoms with E-state index in [9.17, 15) is 13.6 Å². The van der Waals surface area contributed by atoms with Gasteiger partial charge in [0.1, 0.15) is 40.5 Å². The summed E-state index contributed by atoms with van der Waals surface area (Å²) in [6, 6.07) is 8.96. The second-order valence-electron chi connectivity index (χ2n) is 24.9. The summed E-state index contributed by atoms with van der Waals surface area (Å²) in [5, 5.41) is 4.04. The lowest BCUT2D eigenvalue weighted by molar-refractivity contribution is 0.0240. The van der Waals surface area contributed by atoms with Crippen LogP contribution in [0.1, 0.15) is 69.0 Å². The van der Waals surface area contributed by atoms with Crippen molar-refractivity contribution >= 4 is 73.7 Å². The number of ether oxygens (including phenoxy) is 5. The van der Waals surface area contributed by atoms with Crippen molar-refractivity contribution in [1.82, 2.24) is 30.2 Å². The Morgan fingerprint density at radius 1 is 0.541 bits per heavy atom. The number of carbonyl (C=O) groups is 1. The van der Waals surface area contributed by atoms with Crippen molar-refractivity contribution in [2.45, 2.75) is 76.7 Å². The lowest BCUT2D eigenvalue weighted by atomic mass is 9.78. The highest BCUT2D eigenvalue weighted by atomic mass is 19.1. The SMILES string of the molecule is Cc1c(N2CCN(C(=O)OC(C)(C)C)CC2)nc2cc(F)cc(F)c2c1N1CC2(CCOCC2)c2ncc(N3CCOCC3)cc21.Cc1c(N2CCNCC2)nc2cc(F)cc(F)c2c1N1CC2(CCOCC2)c2ncc(N3CCOCC3)cc21. The molecule has 0 saturated carbocycles. The number of piperazine rings is 2. The summed E-state index contributed by atoms with van der Waals surface area (Å²) >= 11 is 0. The number of rotatable bonds is 6. The number of halogens is 4. The molecule has 0 radical (unpaired) electrons. The topological polar surface area (TPSA) is 149 Å². The van der Waals surface area contributed by atoms with Gasteiger partial charge in [-0.05, 0) is 72.4 Å². The number of anilines is 8. The fourth-order valence-corrected chi connectivity index (χ4v) is 14.1. The van der Waals surface area contributed by atoms with Gasteiger partial charge in [-0.25, -0.2) is 32.3 Å². The number of pyridine rings is 4. The zero-order chi connectivity index (χ0) is 58.8. The molecule has 0 aliphatic carbocycles. The Morgan fingerprint density at radius 2 is 0.953 bits per heavy atom. The smallest absolute Gasteiger partial charge is 0.410 e. The minimum atomic E-state index is -0.674. The fourth-order valence-electron chi connectivity index (χ4n) is 14.1. The van der Waals surface area contributed by atoms with Crippen molar-refractivity contribution in [2.75, 3.05) is 174 Å². The van der Waals surface area contributed by atoms with Crippen molar-refractivity contribution in [3.63, 3.8) is 0 Å².